The molecule has 0 aliphatic carbocycles. The molecule has 0 bridgehead atoms. The van der Waals surface area contributed by atoms with Crippen LogP contribution in [0.1, 0.15) is 62.1 Å². The van der Waals surface area contributed by atoms with Crippen LogP contribution in [0.2, 0.25) is 0 Å². The van der Waals surface area contributed by atoms with E-state index in [1.54, 1.807) is 6.20 Å². The van der Waals surface area contributed by atoms with Gasteiger partial charge in [-0.05, 0) is 30.5 Å². The second-order valence-electron chi connectivity index (χ2n) is 5.71. The summed E-state index contributed by atoms with van der Waals surface area (Å²) >= 11 is 1.43. The molecular formula is C19H25NO2S. The third-order valence-electron chi connectivity index (χ3n) is 3.82. The Bertz CT molecular complexity index is 551. The second-order valence-corrected chi connectivity index (χ2v) is 6.63. The maximum Gasteiger partial charge on any atom is 0.205 e. The van der Waals surface area contributed by atoms with Crippen LogP contribution >= 0.6 is 11.3 Å². The van der Waals surface area contributed by atoms with Gasteiger partial charge in [-0.25, -0.2) is 4.98 Å². The summed E-state index contributed by atoms with van der Waals surface area (Å²) in [4.78, 5) is 15.3. The highest BCUT2D eigenvalue weighted by Crippen LogP contribution is 2.23. The Morgan fingerprint density at radius 1 is 1.13 bits per heavy atom. The number of ether oxygens (including phenoxy) is 1. The van der Waals surface area contributed by atoms with E-state index < -0.39 is 6.10 Å². The molecule has 0 spiro atoms. The number of hydrogen-bond acceptors (Lipinski definition) is 4. The zero-order chi connectivity index (χ0) is 16.3. The number of unbranched alkanes of at least 4 members (excludes halogenated alkanes) is 5. The monoisotopic (exact) mass is 331 g/mol. The second kappa shape index (κ2) is 10.2. The van der Waals surface area contributed by atoms with Gasteiger partial charge in [0.15, 0.2) is 6.29 Å². The van der Waals surface area contributed by atoms with Crippen LogP contribution < -0.4 is 4.74 Å². The summed E-state index contributed by atoms with van der Waals surface area (Å²) in [6.07, 6.45) is 10.8. The number of thiazole rings is 1. The Morgan fingerprint density at radius 3 is 2.52 bits per heavy atom. The summed E-state index contributed by atoms with van der Waals surface area (Å²) in [5, 5.41) is 2.54. The standard InChI is InChI=1S/C19H25NO2S/c1-2-3-4-5-6-7-8-16-9-11-17(12-10-16)22-18(15-21)19-20-13-14-23-19/h9-15,18H,2-8H2,1H3. The average molecular weight is 331 g/mol. The van der Waals surface area contributed by atoms with Gasteiger partial charge in [0.2, 0.25) is 6.10 Å². The number of rotatable bonds is 11. The van der Waals surface area contributed by atoms with E-state index in [-0.39, 0.29) is 0 Å². The molecule has 2 rings (SSSR count). The first-order chi connectivity index (χ1) is 11.3. The number of carbonyl (C=O) groups excluding carboxylic acids is 1. The predicted octanol–water partition coefficient (Wildman–Crippen LogP) is 5.37. The van der Waals surface area contributed by atoms with Crippen LogP contribution in [0.5, 0.6) is 5.75 Å². The van der Waals surface area contributed by atoms with E-state index in [2.05, 4.69) is 24.0 Å². The zero-order valence-electron chi connectivity index (χ0n) is 13.7. The number of aromatic nitrogens is 1. The van der Waals surface area contributed by atoms with E-state index in [9.17, 15) is 4.79 Å². The van der Waals surface area contributed by atoms with Gasteiger partial charge in [-0.15, -0.1) is 11.3 Å². The quantitative estimate of drug-likeness (QED) is 0.411. The van der Waals surface area contributed by atoms with Crippen molar-refractivity contribution >= 4 is 17.6 Å². The van der Waals surface area contributed by atoms with Gasteiger partial charge in [-0.3, -0.25) is 4.79 Å². The molecule has 0 fully saturated rings. The first kappa shape index (κ1) is 17.7. The van der Waals surface area contributed by atoms with Crippen molar-refractivity contribution in [3.63, 3.8) is 0 Å². The molecule has 23 heavy (non-hydrogen) atoms. The molecule has 0 amide bonds. The van der Waals surface area contributed by atoms with Gasteiger partial charge in [0, 0.05) is 11.6 Å². The number of benzene rings is 1. The van der Waals surface area contributed by atoms with Crippen LogP contribution in [0.25, 0.3) is 0 Å². The number of aldehydes is 1. The van der Waals surface area contributed by atoms with Crippen LogP contribution in [0.15, 0.2) is 35.8 Å². The zero-order valence-corrected chi connectivity index (χ0v) is 14.6. The van der Waals surface area contributed by atoms with Crippen LogP contribution in [0, 0.1) is 0 Å². The lowest BCUT2D eigenvalue weighted by atomic mass is 10.0. The molecule has 1 unspecified atom stereocenters. The number of aryl methyl sites for hydroxylation is 1. The summed E-state index contributed by atoms with van der Waals surface area (Å²) in [7, 11) is 0. The normalized spacial score (nSPS) is 12.0. The Balaban J connectivity index is 1.76. The van der Waals surface area contributed by atoms with Crippen molar-refractivity contribution in [1.82, 2.24) is 4.98 Å². The highest BCUT2D eigenvalue weighted by Gasteiger charge is 2.14. The fraction of sp³-hybridized carbons (Fsp3) is 0.474. The first-order valence-electron chi connectivity index (χ1n) is 8.43. The molecule has 1 aromatic carbocycles. The molecule has 0 aliphatic rings. The maximum absolute atomic E-state index is 11.2. The van der Waals surface area contributed by atoms with Crippen molar-refractivity contribution in [3.05, 3.63) is 46.4 Å². The lowest BCUT2D eigenvalue weighted by Gasteiger charge is -2.11. The topological polar surface area (TPSA) is 39.2 Å². The lowest BCUT2D eigenvalue weighted by Crippen LogP contribution is -2.08. The molecule has 0 N–H and O–H groups in total. The van der Waals surface area contributed by atoms with Gasteiger partial charge in [0.1, 0.15) is 10.8 Å². The third kappa shape index (κ3) is 6.14. The van der Waals surface area contributed by atoms with Gasteiger partial charge < -0.3 is 4.74 Å². The van der Waals surface area contributed by atoms with Gasteiger partial charge in [-0.1, -0.05) is 51.2 Å². The van der Waals surface area contributed by atoms with Gasteiger partial charge in [-0.2, -0.15) is 0 Å². The van der Waals surface area contributed by atoms with E-state index in [4.69, 9.17) is 4.74 Å². The molecule has 1 aromatic heterocycles. The fourth-order valence-corrected chi connectivity index (χ4v) is 3.12. The van der Waals surface area contributed by atoms with Crippen molar-refractivity contribution in [3.8, 4) is 5.75 Å². The molecule has 1 atom stereocenters. The largest absolute Gasteiger partial charge is 0.476 e. The van der Waals surface area contributed by atoms with E-state index in [0.29, 0.717) is 10.8 Å². The molecule has 124 valence electrons. The Kier molecular flexibility index (Phi) is 7.81. The van der Waals surface area contributed by atoms with E-state index in [1.807, 2.05) is 17.5 Å². The van der Waals surface area contributed by atoms with E-state index >= 15 is 0 Å². The highest BCUT2D eigenvalue weighted by atomic mass is 32.1. The summed E-state index contributed by atoms with van der Waals surface area (Å²) in [5.74, 6) is 0.712. The van der Waals surface area contributed by atoms with Crippen molar-refractivity contribution in [2.75, 3.05) is 0 Å². The van der Waals surface area contributed by atoms with Crippen molar-refractivity contribution in [2.24, 2.45) is 0 Å². The molecule has 0 aliphatic heterocycles. The molecule has 0 saturated heterocycles. The minimum Gasteiger partial charge on any atom is -0.476 e. The molecule has 0 saturated carbocycles. The first-order valence-corrected chi connectivity index (χ1v) is 9.31. The molecule has 0 radical (unpaired) electrons. The van der Waals surface area contributed by atoms with E-state index in [1.165, 1.54) is 55.4 Å². The smallest absolute Gasteiger partial charge is 0.205 e. The minimum absolute atomic E-state index is 0.612. The summed E-state index contributed by atoms with van der Waals surface area (Å²) in [6.45, 7) is 2.24. The molecule has 3 nitrogen and oxygen atoms in total. The van der Waals surface area contributed by atoms with Crippen molar-refractivity contribution in [2.45, 2.75) is 58.0 Å². The maximum atomic E-state index is 11.2. The van der Waals surface area contributed by atoms with Crippen LogP contribution in [0.3, 0.4) is 0 Å². The Labute approximate surface area is 142 Å². The SMILES string of the molecule is CCCCCCCCc1ccc(OC(C=O)c2nccs2)cc1. The fourth-order valence-electron chi connectivity index (χ4n) is 2.50. The van der Waals surface area contributed by atoms with Crippen LogP contribution in [-0.4, -0.2) is 11.3 Å². The average Bonchev–Trinajstić information content (AvgIpc) is 3.11. The number of hydrogen-bond donors (Lipinski definition) is 0. The van der Waals surface area contributed by atoms with Gasteiger partial charge in [0.25, 0.3) is 0 Å². The molecule has 2 aromatic rings. The van der Waals surface area contributed by atoms with E-state index in [0.717, 1.165) is 12.7 Å². The van der Waals surface area contributed by atoms with Crippen LogP contribution in [-0.2, 0) is 11.2 Å². The highest BCUT2D eigenvalue weighted by molar-refractivity contribution is 7.09. The third-order valence-corrected chi connectivity index (χ3v) is 4.66. The Morgan fingerprint density at radius 2 is 1.87 bits per heavy atom. The summed E-state index contributed by atoms with van der Waals surface area (Å²) in [5.41, 5.74) is 1.32. The number of carbonyl (C=O) groups is 1. The lowest BCUT2D eigenvalue weighted by molar-refractivity contribution is -0.113. The van der Waals surface area contributed by atoms with Crippen LogP contribution in [0.4, 0.5) is 0 Å². The molecule has 1 heterocycles. The molecular weight excluding hydrogens is 306 g/mol. The van der Waals surface area contributed by atoms with Crippen molar-refractivity contribution in [1.29, 1.82) is 0 Å². The predicted molar refractivity (Wildman–Crippen MR) is 95.1 cm³/mol. The van der Waals surface area contributed by atoms with Gasteiger partial charge in [0.05, 0.1) is 0 Å². The minimum atomic E-state index is -0.612. The van der Waals surface area contributed by atoms with Crippen molar-refractivity contribution < 1.29 is 9.53 Å². The summed E-state index contributed by atoms with van der Waals surface area (Å²) in [6, 6.07) is 8.06. The molecule has 4 heteroatoms. The summed E-state index contributed by atoms with van der Waals surface area (Å²) < 4.78 is 5.71. The number of nitrogens with zero attached hydrogens (tertiary/aromatic N) is 1. The Hall–Kier alpha value is -1.68. The van der Waals surface area contributed by atoms with Gasteiger partial charge >= 0.3 is 0 Å².